The molecular formula is C45H36IrN3. The number of rotatable bonds is 3. The van der Waals surface area contributed by atoms with Crippen molar-refractivity contribution in [3.05, 3.63) is 235 Å². The van der Waals surface area contributed by atoms with Crippen LogP contribution in [-0.2, 0) is 20.1 Å². The molecule has 0 saturated carbocycles. The molecule has 0 amide bonds. The Morgan fingerprint density at radius 2 is 0.531 bits per heavy atom. The maximum absolute atomic E-state index is 2.16. The van der Waals surface area contributed by atoms with Crippen LogP contribution in [0.4, 0.5) is 17.1 Å². The van der Waals surface area contributed by atoms with Crippen molar-refractivity contribution in [2.45, 2.75) is 0 Å². The van der Waals surface area contributed by atoms with Crippen molar-refractivity contribution in [3.8, 4) is 0 Å². The Bertz CT molecular complexity index is 1780. The first-order valence-corrected chi connectivity index (χ1v) is 16.2. The minimum absolute atomic E-state index is 0. The second kappa shape index (κ2) is 16.3. The molecular weight excluding hydrogens is 775 g/mol. The van der Waals surface area contributed by atoms with E-state index in [4.69, 9.17) is 0 Å². The van der Waals surface area contributed by atoms with E-state index in [1.807, 2.05) is 18.2 Å². The first-order valence-electron chi connectivity index (χ1n) is 16.2. The third-order valence-corrected chi connectivity index (χ3v) is 8.23. The van der Waals surface area contributed by atoms with E-state index in [-0.39, 0.29) is 20.1 Å². The molecule has 9 rings (SSSR count). The van der Waals surface area contributed by atoms with Gasteiger partial charge in [-0.3, -0.25) is 0 Å². The molecule has 0 unspecified atom stereocenters. The van der Waals surface area contributed by atoms with Crippen LogP contribution in [0.15, 0.2) is 182 Å². The molecule has 4 heteroatoms. The SMILES string of the molecule is C1=CN(c2ccccc2)[CH-]c2ccccc21.C1=CN(c2ccccc2)[CH-]c2ccccc21.C1=CN(c2ccccc2)[CH-]c2ccccc21.[Ir+3]. The van der Waals surface area contributed by atoms with E-state index >= 15 is 0 Å². The van der Waals surface area contributed by atoms with Crippen LogP contribution < -0.4 is 14.7 Å². The number of hydrogen-bond donors (Lipinski definition) is 0. The molecule has 0 radical (unpaired) electrons. The Labute approximate surface area is 304 Å². The summed E-state index contributed by atoms with van der Waals surface area (Å²) in [5.41, 5.74) is 11.2. The molecule has 0 atom stereocenters. The Morgan fingerprint density at radius 1 is 0.286 bits per heavy atom. The van der Waals surface area contributed by atoms with E-state index in [0.29, 0.717) is 0 Å². The molecule has 3 aliphatic rings. The molecule has 0 spiro atoms. The molecule has 0 aromatic heterocycles. The van der Waals surface area contributed by atoms with Gasteiger partial charge in [-0.25, -0.2) is 0 Å². The average molecular weight is 811 g/mol. The van der Waals surface area contributed by atoms with Gasteiger partial charge in [0.1, 0.15) is 0 Å². The summed E-state index contributed by atoms with van der Waals surface area (Å²) >= 11 is 0. The van der Waals surface area contributed by atoms with Crippen molar-refractivity contribution < 1.29 is 20.1 Å². The molecule has 3 aliphatic heterocycles. The molecule has 0 aliphatic carbocycles. The number of hydrogen-bond acceptors (Lipinski definition) is 3. The number of benzene rings is 6. The van der Waals surface area contributed by atoms with E-state index in [0.717, 1.165) is 0 Å². The summed E-state index contributed by atoms with van der Waals surface area (Å²) in [6.07, 6.45) is 12.7. The molecule has 49 heavy (non-hydrogen) atoms. The first-order chi connectivity index (χ1) is 23.8. The molecule has 3 nitrogen and oxygen atoms in total. The zero-order valence-electron chi connectivity index (χ0n) is 27.0. The van der Waals surface area contributed by atoms with Gasteiger partial charge in [-0.2, -0.15) is 34.9 Å². The van der Waals surface area contributed by atoms with Crippen molar-refractivity contribution >= 4 is 35.3 Å². The molecule has 0 fully saturated rings. The first kappa shape index (κ1) is 33.1. The normalized spacial score (nSPS) is 12.9. The predicted molar refractivity (Wildman–Crippen MR) is 203 cm³/mol. The molecule has 3 heterocycles. The number of nitrogens with zero attached hydrogens (tertiary/aromatic N) is 3. The van der Waals surface area contributed by atoms with Crippen LogP contribution in [0.1, 0.15) is 33.4 Å². The Balaban J connectivity index is 0.000000126. The van der Waals surface area contributed by atoms with Gasteiger partial charge < -0.3 is 14.7 Å². The van der Waals surface area contributed by atoms with Crippen LogP contribution in [0.5, 0.6) is 0 Å². The van der Waals surface area contributed by atoms with Gasteiger partial charge in [-0.05, 0) is 55.0 Å². The zero-order chi connectivity index (χ0) is 32.4. The fraction of sp³-hybridized carbons (Fsp3) is 0. The largest absolute Gasteiger partial charge is 3.00 e. The maximum atomic E-state index is 2.16. The Kier molecular flexibility index (Phi) is 11.0. The van der Waals surface area contributed by atoms with Gasteiger partial charge in [0, 0.05) is 17.1 Å². The minimum Gasteiger partial charge on any atom is -0.379 e. The van der Waals surface area contributed by atoms with Crippen LogP contribution in [0.3, 0.4) is 0 Å². The molecule has 0 bridgehead atoms. The van der Waals surface area contributed by atoms with E-state index < -0.39 is 0 Å². The van der Waals surface area contributed by atoms with E-state index in [2.05, 4.69) is 217 Å². The van der Waals surface area contributed by atoms with Crippen LogP contribution in [-0.4, -0.2) is 0 Å². The molecule has 6 aromatic rings. The fourth-order valence-electron chi connectivity index (χ4n) is 5.68. The van der Waals surface area contributed by atoms with Crippen molar-refractivity contribution in [2.24, 2.45) is 0 Å². The van der Waals surface area contributed by atoms with Crippen LogP contribution >= 0.6 is 0 Å². The van der Waals surface area contributed by atoms with Crippen molar-refractivity contribution in [1.29, 1.82) is 0 Å². The summed E-state index contributed by atoms with van der Waals surface area (Å²) in [4.78, 5) is 6.42. The summed E-state index contributed by atoms with van der Waals surface area (Å²) in [6.45, 7) is 6.47. The second-order valence-corrected chi connectivity index (χ2v) is 11.4. The number of anilines is 3. The standard InChI is InChI=1S/3C15H12N.Ir/c3*1-2-8-15(9-3-1)16-11-10-13-6-4-5-7-14(13)12-16;/h3*1-12H;/q3*-1;+3. The van der Waals surface area contributed by atoms with Gasteiger partial charge in [0.25, 0.3) is 0 Å². The zero-order valence-corrected chi connectivity index (χ0v) is 29.4. The Morgan fingerprint density at radius 3 is 0.816 bits per heavy atom. The fourth-order valence-corrected chi connectivity index (χ4v) is 5.68. The summed E-state index contributed by atoms with van der Waals surface area (Å²) in [6, 6.07) is 56.2. The van der Waals surface area contributed by atoms with Gasteiger partial charge in [0.05, 0.1) is 0 Å². The van der Waals surface area contributed by atoms with Gasteiger partial charge in [-0.15, -0.1) is 53.1 Å². The maximum Gasteiger partial charge on any atom is 3.00 e. The van der Waals surface area contributed by atoms with Crippen molar-refractivity contribution in [3.63, 3.8) is 0 Å². The molecule has 0 saturated heterocycles. The van der Waals surface area contributed by atoms with Crippen LogP contribution in [0.25, 0.3) is 18.2 Å². The predicted octanol–water partition coefficient (Wildman–Crippen LogP) is 11.1. The third-order valence-electron chi connectivity index (χ3n) is 8.23. The van der Waals surface area contributed by atoms with Crippen LogP contribution in [0.2, 0.25) is 0 Å². The topological polar surface area (TPSA) is 9.72 Å². The van der Waals surface area contributed by atoms with Crippen LogP contribution in [0, 0.1) is 19.6 Å². The van der Waals surface area contributed by atoms with Gasteiger partial charge >= 0.3 is 20.1 Å². The van der Waals surface area contributed by atoms with E-state index in [9.17, 15) is 0 Å². The minimum atomic E-state index is 0. The summed E-state index contributed by atoms with van der Waals surface area (Å²) in [7, 11) is 0. The quantitative estimate of drug-likeness (QED) is 0.165. The molecule has 6 aromatic carbocycles. The summed E-state index contributed by atoms with van der Waals surface area (Å²) < 4.78 is 0. The second-order valence-electron chi connectivity index (χ2n) is 11.4. The monoisotopic (exact) mass is 811 g/mol. The summed E-state index contributed by atoms with van der Waals surface area (Å²) in [5, 5.41) is 0. The molecule has 240 valence electrons. The third kappa shape index (κ3) is 8.38. The van der Waals surface area contributed by atoms with E-state index in [1.165, 1.54) is 50.4 Å². The smallest absolute Gasteiger partial charge is 0.379 e. The number of para-hydroxylation sites is 3. The molecule has 0 N–H and O–H groups in total. The summed E-state index contributed by atoms with van der Waals surface area (Å²) in [5.74, 6) is 0. The van der Waals surface area contributed by atoms with Crippen molar-refractivity contribution in [2.75, 3.05) is 14.7 Å². The number of fused-ring (bicyclic) bond motifs is 3. The van der Waals surface area contributed by atoms with E-state index in [1.54, 1.807) is 0 Å². The van der Waals surface area contributed by atoms with Gasteiger partial charge in [-0.1, -0.05) is 111 Å². The van der Waals surface area contributed by atoms with Crippen molar-refractivity contribution in [1.82, 2.24) is 0 Å². The van der Waals surface area contributed by atoms with Gasteiger partial charge in [0.15, 0.2) is 0 Å². The van der Waals surface area contributed by atoms with Gasteiger partial charge in [0.2, 0.25) is 0 Å². The average Bonchev–Trinajstić information content (AvgIpc) is 3.19. The Hall–Kier alpha value is -5.80.